The second-order valence-corrected chi connectivity index (χ2v) is 4.95. The molecule has 1 aliphatic rings. The third kappa shape index (κ3) is 4.38. The number of nitrogens with zero attached hydrogens (tertiary/aromatic N) is 1. The number of amides is 1. The van der Waals surface area contributed by atoms with Crippen LogP contribution in [0.2, 0.25) is 0 Å². The summed E-state index contributed by atoms with van der Waals surface area (Å²) in [6, 6.07) is 9.29. The van der Waals surface area contributed by atoms with E-state index in [-0.39, 0.29) is 5.91 Å². The highest BCUT2D eigenvalue weighted by molar-refractivity contribution is 5.80. The molecule has 100 valence electrons. The fraction of sp³-hybridized carbons (Fsp3) is 0.467. The van der Waals surface area contributed by atoms with Gasteiger partial charge in [0.05, 0.1) is 18.2 Å². The van der Waals surface area contributed by atoms with E-state index in [4.69, 9.17) is 10.00 Å². The van der Waals surface area contributed by atoms with Gasteiger partial charge in [-0.25, -0.2) is 0 Å². The van der Waals surface area contributed by atoms with Gasteiger partial charge in [0.15, 0.2) is 0 Å². The van der Waals surface area contributed by atoms with Crippen LogP contribution >= 0.6 is 0 Å². The first-order chi connectivity index (χ1) is 9.19. The minimum absolute atomic E-state index is 0.108. The summed E-state index contributed by atoms with van der Waals surface area (Å²) in [6.45, 7) is 2.87. The molecular formula is C15H18N2O2. The van der Waals surface area contributed by atoms with Crippen molar-refractivity contribution in [3.8, 4) is 6.07 Å². The molecule has 1 unspecified atom stereocenters. The lowest BCUT2D eigenvalue weighted by Crippen LogP contribution is -2.34. The number of benzene rings is 1. The number of hydrogen-bond acceptors (Lipinski definition) is 3. The van der Waals surface area contributed by atoms with E-state index in [1.807, 2.05) is 12.1 Å². The normalized spacial score (nSPS) is 15.6. The van der Waals surface area contributed by atoms with E-state index in [9.17, 15) is 4.79 Å². The van der Waals surface area contributed by atoms with E-state index in [2.05, 4.69) is 11.4 Å². The molecule has 0 spiro atoms. The Kier molecular flexibility index (Phi) is 4.53. The molecule has 4 heteroatoms. The largest absolute Gasteiger partial charge is 0.368 e. The Morgan fingerprint density at radius 1 is 1.58 bits per heavy atom. The van der Waals surface area contributed by atoms with Crippen LogP contribution in [0, 0.1) is 17.2 Å². The number of ether oxygens (including phenoxy) is 1. The molecule has 1 N–H and O–H groups in total. The molecule has 4 nitrogen and oxygen atoms in total. The predicted molar refractivity (Wildman–Crippen MR) is 71.1 cm³/mol. The molecule has 19 heavy (non-hydrogen) atoms. The number of hydrogen-bond donors (Lipinski definition) is 1. The highest BCUT2D eigenvalue weighted by Gasteiger charge is 2.23. The van der Waals surface area contributed by atoms with Crippen LogP contribution in [-0.2, 0) is 16.1 Å². The van der Waals surface area contributed by atoms with Gasteiger partial charge in [0.25, 0.3) is 0 Å². The molecule has 1 atom stereocenters. The first-order valence-electron chi connectivity index (χ1n) is 6.57. The van der Waals surface area contributed by atoms with E-state index >= 15 is 0 Å². The molecule has 1 amide bonds. The zero-order valence-corrected chi connectivity index (χ0v) is 11.1. The van der Waals surface area contributed by atoms with E-state index in [1.165, 1.54) is 12.8 Å². The first kappa shape index (κ1) is 13.6. The Hall–Kier alpha value is -1.86. The Morgan fingerprint density at radius 2 is 2.37 bits per heavy atom. The summed E-state index contributed by atoms with van der Waals surface area (Å²) < 4.78 is 5.50. The van der Waals surface area contributed by atoms with Gasteiger partial charge in [-0.1, -0.05) is 12.1 Å². The highest BCUT2D eigenvalue weighted by atomic mass is 16.5. The summed E-state index contributed by atoms with van der Waals surface area (Å²) in [6.07, 6.45) is 2.02. The molecule has 1 aromatic carbocycles. The second-order valence-electron chi connectivity index (χ2n) is 4.95. The van der Waals surface area contributed by atoms with Crippen molar-refractivity contribution in [2.75, 3.05) is 6.61 Å². The standard InChI is InChI=1S/C15H18N2O2/c1-11(19-10-12-5-6-12)15(18)17-9-14-4-2-3-13(7-14)8-16/h2-4,7,11-12H,5-6,9-10H2,1H3,(H,17,18). The third-order valence-corrected chi connectivity index (χ3v) is 3.17. The van der Waals surface area contributed by atoms with Gasteiger partial charge in [-0.05, 0) is 43.4 Å². The van der Waals surface area contributed by atoms with Gasteiger partial charge in [0.2, 0.25) is 5.91 Å². The first-order valence-corrected chi connectivity index (χ1v) is 6.57. The summed E-state index contributed by atoms with van der Waals surface area (Å²) in [5.41, 5.74) is 1.52. The van der Waals surface area contributed by atoms with E-state index in [1.54, 1.807) is 19.1 Å². The van der Waals surface area contributed by atoms with Gasteiger partial charge in [-0.2, -0.15) is 5.26 Å². The monoisotopic (exact) mass is 258 g/mol. The Morgan fingerprint density at radius 3 is 3.05 bits per heavy atom. The van der Waals surface area contributed by atoms with Crippen LogP contribution in [0.5, 0.6) is 0 Å². The van der Waals surface area contributed by atoms with Crippen LogP contribution in [0.4, 0.5) is 0 Å². The Balaban J connectivity index is 1.76. The topological polar surface area (TPSA) is 62.1 Å². The van der Waals surface area contributed by atoms with Gasteiger partial charge < -0.3 is 10.1 Å². The molecule has 1 fully saturated rings. The molecular weight excluding hydrogens is 240 g/mol. The molecule has 1 saturated carbocycles. The van der Waals surface area contributed by atoms with Gasteiger partial charge in [0.1, 0.15) is 6.10 Å². The molecule has 0 aliphatic heterocycles. The lowest BCUT2D eigenvalue weighted by Gasteiger charge is -2.13. The molecule has 0 saturated heterocycles. The van der Waals surface area contributed by atoms with E-state index < -0.39 is 6.10 Å². The van der Waals surface area contributed by atoms with Crippen molar-refractivity contribution in [2.24, 2.45) is 5.92 Å². The van der Waals surface area contributed by atoms with Crippen molar-refractivity contribution >= 4 is 5.91 Å². The number of nitrogens with one attached hydrogen (secondary N) is 1. The summed E-state index contributed by atoms with van der Waals surface area (Å²) in [7, 11) is 0. The number of carbonyl (C=O) groups is 1. The molecule has 0 heterocycles. The molecule has 2 rings (SSSR count). The summed E-state index contributed by atoms with van der Waals surface area (Å²) in [5, 5.41) is 11.6. The maximum absolute atomic E-state index is 11.8. The lowest BCUT2D eigenvalue weighted by atomic mass is 10.1. The average Bonchev–Trinajstić information content (AvgIpc) is 3.26. The van der Waals surface area contributed by atoms with Crippen LogP contribution in [0.3, 0.4) is 0 Å². The third-order valence-electron chi connectivity index (χ3n) is 3.17. The maximum Gasteiger partial charge on any atom is 0.249 e. The predicted octanol–water partition coefficient (Wildman–Crippen LogP) is 1.99. The fourth-order valence-corrected chi connectivity index (χ4v) is 1.72. The Bertz CT molecular complexity index is 489. The van der Waals surface area contributed by atoms with Crippen LogP contribution in [0.1, 0.15) is 30.9 Å². The zero-order chi connectivity index (χ0) is 13.7. The fourth-order valence-electron chi connectivity index (χ4n) is 1.72. The van der Waals surface area contributed by atoms with Crippen LogP contribution in [-0.4, -0.2) is 18.6 Å². The highest BCUT2D eigenvalue weighted by Crippen LogP contribution is 2.29. The minimum atomic E-state index is -0.417. The van der Waals surface area contributed by atoms with Crippen LogP contribution < -0.4 is 5.32 Å². The van der Waals surface area contributed by atoms with E-state index in [0.717, 1.165) is 5.56 Å². The molecule has 0 aromatic heterocycles. The lowest BCUT2D eigenvalue weighted by molar-refractivity contribution is -0.132. The van der Waals surface area contributed by atoms with E-state index in [0.29, 0.717) is 24.6 Å². The van der Waals surface area contributed by atoms with Crippen LogP contribution in [0.25, 0.3) is 0 Å². The van der Waals surface area contributed by atoms with Gasteiger partial charge >= 0.3 is 0 Å². The summed E-state index contributed by atoms with van der Waals surface area (Å²) in [4.78, 5) is 11.8. The zero-order valence-electron chi connectivity index (χ0n) is 11.1. The van der Waals surface area contributed by atoms with Gasteiger partial charge in [0, 0.05) is 6.54 Å². The number of carbonyl (C=O) groups excluding carboxylic acids is 1. The molecule has 1 aliphatic carbocycles. The van der Waals surface area contributed by atoms with Crippen molar-refractivity contribution in [3.63, 3.8) is 0 Å². The van der Waals surface area contributed by atoms with Crippen molar-refractivity contribution < 1.29 is 9.53 Å². The van der Waals surface area contributed by atoms with Gasteiger partial charge in [-0.3, -0.25) is 4.79 Å². The summed E-state index contributed by atoms with van der Waals surface area (Å²) in [5.74, 6) is 0.547. The second kappa shape index (κ2) is 6.35. The van der Waals surface area contributed by atoms with Gasteiger partial charge in [-0.15, -0.1) is 0 Å². The number of nitriles is 1. The quantitative estimate of drug-likeness (QED) is 0.848. The van der Waals surface area contributed by atoms with Crippen molar-refractivity contribution in [1.82, 2.24) is 5.32 Å². The van der Waals surface area contributed by atoms with Crippen LogP contribution in [0.15, 0.2) is 24.3 Å². The molecule has 0 radical (unpaired) electrons. The van der Waals surface area contributed by atoms with Crippen molar-refractivity contribution in [2.45, 2.75) is 32.4 Å². The van der Waals surface area contributed by atoms with Crippen molar-refractivity contribution in [1.29, 1.82) is 5.26 Å². The van der Waals surface area contributed by atoms with Crippen molar-refractivity contribution in [3.05, 3.63) is 35.4 Å². The SMILES string of the molecule is CC(OCC1CC1)C(=O)NCc1cccc(C#N)c1. The summed E-state index contributed by atoms with van der Waals surface area (Å²) >= 11 is 0. The molecule has 0 bridgehead atoms. The smallest absolute Gasteiger partial charge is 0.249 e. The number of rotatable bonds is 6. The Labute approximate surface area is 113 Å². The minimum Gasteiger partial charge on any atom is -0.368 e. The average molecular weight is 258 g/mol. The molecule has 1 aromatic rings. The maximum atomic E-state index is 11.8.